The molecule has 0 aliphatic carbocycles. The summed E-state index contributed by atoms with van der Waals surface area (Å²) in [6.45, 7) is 2.39. The Labute approximate surface area is 305 Å². The van der Waals surface area contributed by atoms with Crippen molar-refractivity contribution in [3.8, 4) is 0 Å². The van der Waals surface area contributed by atoms with Crippen LogP contribution in [0.25, 0.3) is 0 Å². The second-order valence-corrected chi connectivity index (χ2v) is 15.5. The molecule has 0 saturated heterocycles. The van der Waals surface area contributed by atoms with E-state index < -0.39 is 51.8 Å². The summed E-state index contributed by atoms with van der Waals surface area (Å²) in [5.41, 5.74) is 0. The number of carbonyl (C=O) groups is 2. The van der Waals surface area contributed by atoms with E-state index in [2.05, 4.69) is 18.4 Å². The van der Waals surface area contributed by atoms with Gasteiger partial charge < -0.3 is 24.6 Å². The van der Waals surface area contributed by atoms with Crippen molar-refractivity contribution in [3.05, 3.63) is 0 Å². The topological polar surface area (TPSA) is 149 Å². The van der Waals surface area contributed by atoms with Crippen LogP contribution in [0, 0.1) is 0 Å². The van der Waals surface area contributed by atoms with Gasteiger partial charge in [0.15, 0.2) is 6.10 Å². The predicted molar refractivity (Wildman–Crippen MR) is 201 cm³/mol. The van der Waals surface area contributed by atoms with Gasteiger partial charge in [0.25, 0.3) is 0 Å². The fourth-order valence-corrected chi connectivity index (χ4v) is 6.61. The van der Waals surface area contributed by atoms with E-state index in [0.29, 0.717) is 12.8 Å². The fourth-order valence-electron chi connectivity index (χ4n) is 5.82. The highest BCUT2D eigenvalue weighted by Crippen LogP contribution is 2.43. The van der Waals surface area contributed by atoms with Crippen LogP contribution in [0.2, 0.25) is 0 Å². The van der Waals surface area contributed by atoms with Crippen molar-refractivity contribution in [1.82, 2.24) is 0 Å². The Kier molecular flexibility index (Phi) is 35.6. The van der Waals surface area contributed by atoms with E-state index in [4.69, 9.17) is 19.1 Å². The van der Waals surface area contributed by atoms with Gasteiger partial charge in [-0.15, -0.1) is 0 Å². The molecule has 0 fully saturated rings. The Morgan fingerprint density at radius 2 is 0.860 bits per heavy atom. The monoisotopic (exact) mass is 737 g/mol. The average Bonchev–Trinajstić information content (AvgIpc) is 3.10. The highest BCUT2D eigenvalue weighted by Gasteiger charge is 2.27. The molecule has 0 bridgehead atoms. The van der Waals surface area contributed by atoms with Crippen molar-refractivity contribution >= 4 is 19.8 Å². The molecule has 0 aliphatic heterocycles. The number of phosphoric acid groups is 1. The molecule has 3 N–H and O–H groups in total. The Hall–Kier alpha value is -1.03. The average molecular weight is 737 g/mol. The second-order valence-electron chi connectivity index (χ2n) is 14.0. The van der Waals surface area contributed by atoms with Crippen LogP contribution in [0.3, 0.4) is 0 Å². The van der Waals surface area contributed by atoms with Crippen molar-refractivity contribution < 1.29 is 47.8 Å². The van der Waals surface area contributed by atoms with Crippen LogP contribution in [-0.2, 0) is 32.7 Å². The van der Waals surface area contributed by atoms with Crippen LogP contribution in [-0.4, -0.2) is 65.7 Å². The van der Waals surface area contributed by atoms with Crippen LogP contribution in [0.1, 0.15) is 200 Å². The van der Waals surface area contributed by atoms with Gasteiger partial charge in [0.05, 0.1) is 19.8 Å². The Morgan fingerprint density at radius 3 is 1.24 bits per heavy atom. The summed E-state index contributed by atoms with van der Waals surface area (Å²) in [6.07, 6.45) is 30.7. The molecule has 10 nitrogen and oxygen atoms in total. The van der Waals surface area contributed by atoms with Gasteiger partial charge in [-0.25, -0.2) is 4.57 Å². The van der Waals surface area contributed by atoms with E-state index in [9.17, 15) is 24.2 Å². The van der Waals surface area contributed by atoms with E-state index in [1.807, 2.05) is 0 Å². The molecule has 298 valence electrons. The zero-order valence-corrected chi connectivity index (χ0v) is 33.0. The van der Waals surface area contributed by atoms with Gasteiger partial charge in [0.2, 0.25) is 0 Å². The summed E-state index contributed by atoms with van der Waals surface area (Å²) < 4.78 is 32.6. The number of phosphoric ester groups is 1. The molecule has 0 heterocycles. The summed E-state index contributed by atoms with van der Waals surface area (Å²) >= 11 is 0. The van der Waals surface area contributed by atoms with Gasteiger partial charge in [-0.1, -0.05) is 174 Å². The number of rotatable bonds is 39. The second kappa shape index (κ2) is 36.3. The third kappa shape index (κ3) is 35.4. The maximum absolute atomic E-state index is 12.6. The van der Waals surface area contributed by atoms with Gasteiger partial charge in [0.1, 0.15) is 12.7 Å². The Morgan fingerprint density at radius 1 is 0.520 bits per heavy atom. The van der Waals surface area contributed by atoms with Crippen LogP contribution in [0.4, 0.5) is 0 Å². The normalized spacial score (nSPS) is 13.9. The first-order valence-corrected chi connectivity index (χ1v) is 22.0. The Balaban J connectivity index is 4.27. The third-order valence-corrected chi connectivity index (χ3v) is 9.96. The van der Waals surface area contributed by atoms with E-state index >= 15 is 0 Å². The maximum Gasteiger partial charge on any atom is 0.472 e. The number of aliphatic hydroxyl groups excluding tert-OH is 2. The van der Waals surface area contributed by atoms with Gasteiger partial charge in [0, 0.05) is 12.8 Å². The lowest BCUT2D eigenvalue weighted by Crippen LogP contribution is -2.29. The van der Waals surface area contributed by atoms with Gasteiger partial charge >= 0.3 is 19.8 Å². The minimum atomic E-state index is -4.60. The molecule has 3 atom stereocenters. The van der Waals surface area contributed by atoms with Crippen LogP contribution >= 0.6 is 7.82 Å². The number of ether oxygens (including phenoxy) is 2. The first-order valence-electron chi connectivity index (χ1n) is 20.5. The number of esters is 2. The van der Waals surface area contributed by atoms with E-state index in [-0.39, 0.29) is 19.4 Å². The molecule has 0 rings (SSSR count). The molecular weight excluding hydrogens is 659 g/mol. The highest BCUT2D eigenvalue weighted by molar-refractivity contribution is 7.47. The lowest BCUT2D eigenvalue weighted by Gasteiger charge is -2.20. The van der Waals surface area contributed by atoms with E-state index in [0.717, 1.165) is 38.5 Å². The summed E-state index contributed by atoms with van der Waals surface area (Å²) in [6, 6.07) is 0. The van der Waals surface area contributed by atoms with Crippen LogP contribution < -0.4 is 0 Å². The number of hydrogen-bond acceptors (Lipinski definition) is 9. The zero-order chi connectivity index (χ0) is 37.0. The first-order chi connectivity index (χ1) is 24.2. The van der Waals surface area contributed by atoms with E-state index in [1.165, 1.54) is 122 Å². The lowest BCUT2D eigenvalue weighted by atomic mass is 10.0. The largest absolute Gasteiger partial charge is 0.472 e. The third-order valence-electron chi connectivity index (χ3n) is 9.01. The van der Waals surface area contributed by atoms with E-state index in [1.54, 1.807) is 0 Å². The SMILES string of the molecule is CCCCCCCCCCCCCCCCCCC(=O)OC(COC(=O)CCCCCCCCCCCCC)COP(=O)(O)OCC(O)CO. The van der Waals surface area contributed by atoms with Crippen molar-refractivity contribution in [2.45, 2.75) is 212 Å². The minimum Gasteiger partial charge on any atom is -0.462 e. The molecule has 3 unspecified atom stereocenters. The number of hydrogen-bond donors (Lipinski definition) is 3. The molecule has 11 heteroatoms. The molecule has 0 aliphatic rings. The minimum absolute atomic E-state index is 0.192. The van der Waals surface area contributed by atoms with Gasteiger partial charge in [-0.2, -0.15) is 0 Å². The number of carbonyl (C=O) groups excluding carboxylic acids is 2. The quantitative estimate of drug-likeness (QED) is 0.0316. The smallest absolute Gasteiger partial charge is 0.462 e. The van der Waals surface area contributed by atoms with Crippen molar-refractivity contribution in [3.63, 3.8) is 0 Å². The molecule has 0 aromatic rings. The molecule has 0 spiro atoms. The molecule has 0 amide bonds. The highest BCUT2D eigenvalue weighted by atomic mass is 31.2. The number of unbranched alkanes of at least 4 members (excludes halogenated alkanes) is 25. The van der Waals surface area contributed by atoms with Crippen molar-refractivity contribution in [1.29, 1.82) is 0 Å². The summed E-state index contributed by atoms with van der Waals surface area (Å²) in [5.74, 6) is -0.913. The lowest BCUT2D eigenvalue weighted by molar-refractivity contribution is -0.161. The molecule has 0 aromatic carbocycles. The summed E-state index contributed by atoms with van der Waals surface area (Å²) in [5, 5.41) is 18.3. The maximum atomic E-state index is 12.6. The predicted octanol–water partition coefficient (Wildman–Crippen LogP) is 10.3. The summed E-state index contributed by atoms with van der Waals surface area (Å²) in [4.78, 5) is 34.8. The summed E-state index contributed by atoms with van der Waals surface area (Å²) in [7, 11) is -4.60. The molecule has 0 aromatic heterocycles. The van der Waals surface area contributed by atoms with Crippen LogP contribution in [0.5, 0.6) is 0 Å². The number of aliphatic hydroxyl groups is 2. The molecule has 0 radical (unpaired) electrons. The standard InChI is InChI=1S/C39H77O10P/c1-3-5-7-9-11-13-15-16-17-18-19-21-23-25-27-29-31-39(43)49-37(35-48-50(44,45)47-33-36(41)32-40)34-46-38(42)30-28-26-24-22-20-14-12-10-8-6-4-2/h36-37,40-41H,3-35H2,1-2H3,(H,44,45). The van der Waals surface area contributed by atoms with Crippen molar-refractivity contribution in [2.75, 3.05) is 26.4 Å². The van der Waals surface area contributed by atoms with Gasteiger partial charge in [-0.05, 0) is 12.8 Å². The molecule has 50 heavy (non-hydrogen) atoms. The van der Waals surface area contributed by atoms with Gasteiger partial charge in [-0.3, -0.25) is 18.6 Å². The Bertz CT molecular complexity index is 812. The molecular formula is C39H77O10P. The first kappa shape index (κ1) is 49.0. The van der Waals surface area contributed by atoms with Crippen LogP contribution in [0.15, 0.2) is 0 Å². The fraction of sp³-hybridized carbons (Fsp3) is 0.949. The molecule has 0 saturated carbocycles. The van der Waals surface area contributed by atoms with Crippen molar-refractivity contribution in [2.24, 2.45) is 0 Å². The zero-order valence-electron chi connectivity index (χ0n) is 32.1.